The standard InChI is InChI=1S/C21H24N2O4S/c1-27-15-7-5-14(6-8-15)22-19(24)16(9-10-28-2)23-20(25)17-12-3-4-13(11-12)18(17)21(23)26/h3-8,12-13,16-18H,9-11H2,1-2H3,(H,22,24). The molecule has 2 aliphatic carbocycles. The van der Waals surface area contributed by atoms with Crippen LogP contribution in [0, 0.1) is 23.7 Å². The average Bonchev–Trinajstić information content (AvgIpc) is 3.38. The van der Waals surface area contributed by atoms with Crippen molar-refractivity contribution in [2.45, 2.75) is 18.9 Å². The smallest absolute Gasteiger partial charge is 0.247 e. The fourth-order valence-corrected chi connectivity index (χ4v) is 5.20. The second kappa shape index (κ2) is 7.62. The normalized spacial score (nSPS) is 28.6. The van der Waals surface area contributed by atoms with Gasteiger partial charge in [0, 0.05) is 5.69 Å². The number of anilines is 1. The van der Waals surface area contributed by atoms with E-state index in [-0.39, 0.29) is 41.4 Å². The number of hydrogen-bond acceptors (Lipinski definition) is 5. The summed E-state index contributed by atoms with van der Waals surface area (Å²) >= 11 is 1.60. The van der Waals surface area contributed by atoms with Gasteiger partial charge in [0.1, 0.15) is 11.8 Å². The molecular formula is C21H24N2O4S. The molecule has 5 unspecified atom stereocenters. The van der Waals surface area contributed by atoms with Crippen LogP contribution in [0.3, 0.4) is 0 Å². The fraction of sp³-hybridized carbons (Fsp3) is 0.476. The molecule has 1 aromatic carbocycles. The molecule has 2 bridgehead atoms. The summed E-state index contributed by atoms with van der Waals surface area (Å²) in [4.78, 5) is 40.5. The fourth-order valence-electron chi connectivity index (χ4n) is 4.74. The molecule has 1 aromatic rings. The summed E-state index contributed by atoms with van der Waals surface area (Å²) in [6, 6.07) is 6.22. The quantitative estimate of drug-likeness (QED) is 0.562. The van der Waals surface area contributed by atoms with E-state index in [4.69, 9.17) is 4.74 Å². The topological polar surface area (TPSA) is 75.7 Å². The summed E-state index contributed by atoms with van der Waals surface area (Å²) < 4.78 is 5.13. The van der Waals surface area contributed by atoms with Crippen LogP contribution < -0.4 is 10.1 Å². The molecule has 0 spiro atoms. The van der Waals surface area contributed by atoms with Gasteiger partial charge in [0.05, 0.1) is 18.9 Å². The molecule has 7 heteroatoms. The first-order valence-corrected chi connectivity index (χ1v) is 10.9. The number of amides is 3. The van der Waals surface area contributed by atoms with Crippen molar-refractivity contribution in [3.05, 3.63) is 36.4 Å². The van der Waals surface area contributed by atoms with Gasteiger partial charge >= 0.3 is 0 Å². The largest absolute Gasteiger partial charge is 0.497 e. The molecule has 6 nitrogen and oxygen atoms in total. The van der Waals surface area contributed by atoms with Crippen LogP contribution in [0.25, 0.3) is 0 Å². The van der Waals surface area contributed by atoms with Crippen molar-refractivity contribution in [3.8, 4) is 5.75 Å². The van der Waals surface area contributed by atoms with Gasteiger partial charge in [-0.2, -0.15) is 11.8 Å². The van der Waals surface area contributed by atoms with Crippen molar-refractivity contribution in [1.82, 2.24) is 4.90 Å². The maximum absolute atomic E-state index is 13.1. The molecule has 1 aliphatic heterocycles. The predicted molar refractivity (Wildman–Crippen MR) is 108 cm³/mol. The second-order valence-electron chi connectivity index (χ2n) is 7.56. The number of rotatable bonds is 7. The van der Waals surface area contributed by atoms with Crippen molar-refractivity contribution >= 4 is 35.2 Å². The van der Waals surface area contributed by atoms with Crippen LogP contribution in [-0.4, -0.2) is 47.8 Å². The van der Waals surface area contributed by atoms with E-state index >= 15 is 0 Å². The minimum Gasteiger partial charge on any atom is -0.497 e. The highest BCUT2D eigenvalue weighted by Gasteiger charge is 2.60. The first-order chi connectivity index (χ1) is 13.5. The Morgan fingerprint density at radius 3 is 2.32 bits per heavy atom. The van der Waals surface area contributed by atoms with E-state index in [0.29, 0.717) is 23.6 Å². The van der Waals surface area contributed by atoms with E-state index in [1.165, 1.54) is 4.90 Å². The lowest BCUT2D eigenvalue weighted by atomic mass is 9.85. The van der Waals surface area contributed by atoms with Gasteiger partial charge < -0.3 is 10.1 Å². The highest BCUT2D eigenvalue weighted by molar-refractivity contribution is 7.98. The van der Waals surface area contributed by atoms with Gasteiger partial charge in [-0.3, -0.25) is 19.3 Å². The van der Waals surface area contributed by atoms with Gasteiger partial charge in [0.25, 0.3) is 0 Å². The lowest BCUT2D eigenvalue weighted by Gasteiger charge is -2.27. The molecule has 5 atom stereocenters. The molecule has 1 saturated carbocycles. The van der Waals surface area contributed by atoms with Crippen LogP contribution in [0.2, 0.25) is 0 Å². The summed E-state index contributed by atoms with van der Waals surface area (Å²) in [7, 11) is 1.58. The molecule has 28 heavy (non-hydrogen) atoms. The van der Waals surface area contributed by atoms with Crippen LogP contribution >= 0.6 is 11.8 Å². The van der Waals surface area contributed by atoms with E-state index < -0.39 is 6.04 Å². The molecule has 3 aliphatic rings. The number of nitrogens with zero attached hydrogens (tertiary/aromatic N) is 1. The summed E-state index contributed by atoms with van der Waals surface area (Å²) in [5.41, 5.74) is 0.612. The number of fused-ring (bicyclic) bond motifs is 5. The van der Waals surface area contributed by atoms with E-state index in [1.54, 1.807) is 43.1 Å². The molecule has 0 radical (unpaired) electrons. The summed E-state index contributed by atoms with van der Waals surface area (Å²) in [5, 5.41) is 2.86. The van der Waals surface area contributed by atoms with E-state index in [9.17, 15) is 14.4 Å². The van der Waals surface area contributed by atoms with Crippen LogP contribution in [0.4, 0.5) is 5.69 Å². The van der Waals surface area contributed by atoms with Gasteiger partial charge in [-0.25, -0.2) is 0 Å². The van der Waals surface area contributed by atoms with Crippen LogP contribution in [0.5, 0.6) is 5.75 Å². The van der Waals surface area contributed by atoms with Crippen molar-refractivity contribution in [3.63, 3.8) is 0 Å². The van der Waals surface area contributed by atoms with Crippen LogP contribution in [-0.2, 0) is 14.4 Å². The van der Waals surface area contributed by atoms with Crippen LogP contribution in [0.1, 0.15) is 12.8 Å². The molecule has 1 heterocycles. The van der Waals surface area contributed by atoms with Crippen molar-refractivity contribution < 1.29 is 19.1 Å². The molecular weight excluding hydrogens is 376 g/mol. The molecule has 3 amide bonds. The SMILES string of the molecule is COc1ccc(NC(=O)C(CCSC)N2C(=O)C3C4C=CC(C4)C3C2=O)cc1. The molecule has 1 N–H and O–H groups in total. The number of imide groups is 1. The Bertz CT molecular complexity index is 792. The second-order valence-corrected chi connectivity index (χ2v) is 8.55. The maximum atomic E-state index is 13.1. The summed E-state index contributed by atoms with van der Waals surface area (Å²) in [6.45, 7) is 0. The zero-order valence-corrected chi connectivity index (χ0v) is 16.8. The maximum Gasteiger partial charge on any atom is 0.247 e. The highest BCUT2D eigenvalue weighted by Crippen LogP contribution is 2.53. The average molecular weight is 401 g/mol. The van der Waals surface area contributed by atoms with E-state index in [1.807, 2.05) is 6.26 Å². The van der Waals surface area contributed by atoms with Crippen LogP contribution in [0.15, 0.2) is 36.4 Å². The van der Waals surface area contributed by atoms with Gasteiger partial charge in [0.2, 0.25) is 17.7 Å². The summed E-state index contributed by atoms with van der Waals surface area (Å²) in [5.74, 6) is 0.424. The predicted octanol–water partition coefficient (Wildman–Crippen LogP) is 2.56. The van der Waals surface area contributed by atoms with Gasteiger partial charge in [-0.05, 0) is 61.0 Å². The number of likely N-dealkylation sites (tertiary alicyclic amines) is 1. The minimum atomic E-state index is -0.778. The Balaban J connectivity index is 1.55. The first-order valence-electron chi connectivity index (χ1n) is 9.54. The number of benzene rings is 1. The lowest BCUT2D eigenvalue weighted by molar-refractivity contribution is -0.147. The van der Waals surface area contributed by atoms with Gasteiger partial charge in [-0.15, -0.1) is 0 Å². The van der Waals surface area contributed by atoms with Crippen molar-refractivity contribution in [2.24, 2.45) is 23.7 Å². The Labute approximate surface area is 168 Å². The lowest BCUT2D eigenvalue weighted by Crippen LogP contribution is -2.48. The number of hydrogen-bond donors (Lipinski definition) is 1. The third kappa shape index (κ3) is 3.11. The Morgan fingerprint density at radius 1 is 1.18 bits per heavy atom. The molecule has 0 aromatic heterocycles. The first kappa shape index (κ1) is 19.1. The minimum absolute atomic E-state index is 0.141. The molecule has 148 valence electrons. The molecule has 2 fully saturated rings. The number of methoxy groups -OCH3 is 1. The number of thioether (sulfide) groups is 1. The summed E-state index contributed by atoms with van der Waals surface area (Å²) in [6.07, 6.45) is 7.41. The highest BCUT2D eigenvalue weighted by atomic mass is 32.2. The molecule has 4 rings (SSSR count). The van der Waals surface area contributed by atoms with Crippen molar-refractivity contribution in [2.75, 3.05) is 24.4 Å². The van der Waals surface area contributed by atoms with Gasteiger partial charge in [0.15, 0.2) is 0 Å². The number of ether oxygens (including phenoxy) is 1. The number of nitrogens with one attached hydrogen (secondary N) is 1. The number of allylic oxidation sites excluding steroid dienone is 2. The number of carbonyl (C=O) groups is 3. The third-order valence-corrected chi connectivity index (χ3v) is 6.72. The van der Waals surface area contributed by atoms with Crippen molar-refractivity contribution in [1.29, 1.82) is 0 Å². The van der Waals surface area contributed by atoms with E-state index in [0.717, 1.165) is 6.42 Å². The zero-order chi connectivity index (χ0) is 19.8. The number of carbonyl (C=O) groups excluding carboxylic acids is 3. The Morgan fingerprint density at radius 2 is 1.79 bits per heavy atom. The zero-order valence-electron chi connectivity index (χ0n) is 16.0. The van der Waals surface area contributed by atoms with Gasteiger partial charge in [-0.1, -0.05) is 12.2 Å². The Kier molecular flexibility index (Phi) is 5.19. The third-order valence-electron chi connectivity index (χ3n) is 6.07. The Hall–Kier alpha value is -2.28. The monoisotopic (exact) mass is 400 g/mol. The van der Waals surface area contributed by atoms with E-state index in [2.05, 4.69) is 17.5 Å². The molecule has 1 saturated heterocycles.